The lowest BCUT2D eigenvalue weighted by atomic mass is 10.1. The number of nitrogens with zero attached hydrogens (tertiary/aromatic N) is 1. The monoisotopic (exact) mass is 319 g/mol. The summed E-state index contributed by atoms with van der Waals surface area (Å²) in [6.07, 6.45) is -1.81. The molecule has 0 amide bonds. The van der Waals surface area contributed by atoms with Crippen LogP contribution in [0.3, 0.4) is 0 Å². The van der Waals surface area contributed by atoms with Crippen molar-refractivity contribution in [2.24, 2.45) is 0 Å². The smallest absolute Gasteiger partial charge is 0.347 e. The van der Waals surface area contributed by atoms with Gasteiger partial charge in [0.15, 0.2) is 0 Å². The number of halogens is 3. The molecule has 0 saturated carbocycles. The van der Waals surface area contributed by atoms with Gasteiger partial charge in [-0.3, -0.25) is 0 Å². The largest absolute Gasteiger partial charge is 0.416 e. The Labute approximate surface area is 119 Å². The Bertz CT molecular complexity index is 725. The van der Waals surface area contributed by atoms with Gasteiger partial charge in [-0.15, -0.1) is 0 Å². The summed E-state index contributed by atoms with van der Waals surface area (Å²) in [5.74, 6) is 0. The Morgan fingerprint density at radius 2 is 2.05 bits per heavy atom. The van der Waals surface area contributed by atoms with Crippen LogP contribution in [0.2, 0.25) is 0 Å². The molecule has 2 aromatic rings. The average Bonchev–Trinajstić information content (AvgIpc) is 2.88. The third-order valence-corrected chi connectivity index (χ3v) is 4.43. The Morgan fingerprint density at radius 3 is 2.62 bits per heavy atom. The number of nitrogens with one attached hydrogen (secondary N) is 2. The van der Waals surface area contributed by atoms with Crippen LogP contribution in [0.25, 0.3) is 0 Å². The van der Waals surface area contributed by atoms with Gasteiger partial charge >= 0.3 is 6.18 Å². The van der Waals surface area contributed by atoms with E-state index in [1.54, 1.807) is 0 Å². The third-order valence-electron chi connectivity index (χ3n) is 2.89. The Morgan fingerprint density at radius 1 is 1.33 bits per heavy atom. The number of hydrogen-bond acceptors (Lipinski definition) is 3. The lowest BCUT2D eigenvalue weighted by molar-refractivity contribution is -0.138. The van der Waals surface area contributed by atoms with Crippen LogP contribution >= 0.6 is 0 Å². The summed E-state index contributed by atoms with van der Waals surface area (Å²) in [6, 6.07) is 3.06. The number of hydrogen-bond donors (Lipinski definition) is 2. The van der Waals surface area contributed by atoms with Crippen molar-refractivity contribution in [1.82, 2.24) is 14.7 Å². The van der Waals surface area contributed by atoms with E-state index in [1.165, 1.54) is 12.5 Å². The van der Waals surface area contributed by atoms with E-state index in [-0.39, 0.29) is 12.1 Å². The van der Waals surface area contributed by atoms with Crippen molar-refractivity contribution >= 4 is 10.0 Å². The molecule has 0 spiro atoms. The van der Waals surface area contributed by atoms with Crippen molar-refractivity contribution < 1.29 is 21.6 Å². The van der Waals surface area contributed by atoms with Crippen molar-refractivity contribution in [2.75, 3.05) is 0 Å². The first-order valence-electron chi connectivity index (χ1n) is 5.85. The number of aromatic amines is 1. The van der Waals surface area contributed by atoms with Gasteiger partial charge in [-0.25, -0.2) is 18.1 Å². The fourth-order valence-electron chi connectivity index (χ4n) is 1.84. The summed E-state index contributed by atoms with van der Waals surface area (Å²) in [4.78, 5) is 6.02. The standard InChI is InChI=1S/C12H12F3N3O2S/c1-8-10(12(13,14)15)3-2-4-11(8)21(19,20)18-6-9-5-16-7-17-9/h2-5,7,18H,6H2,1H3,(H,16,17). The van der Waals surface area contributed by atoms with Crippen molar-refractivity contribution in [2.45, 2.75) is 24.5 Å². The second-order valence-corrected chi connectivity index (χ2v) is 6.06. The number of sulfonamides is 1. The molecule has 0 aliphatic carbocycles. The van der Waals surface area contributed by atoms with Gasteiger partial charge in [0.25, 0.3) is 0 Å². The van der Waals surface area contributed by atoms with Crippen LogP contribution in [-0.2, 0) is 22.7 Å². The van der Waals surface area contributed by atoms with Crippen LogP contribution in [-0.4, -0.2) is 18.4 Å². The summed E-state index contributed by atoms with van der Waals surface area (Å²) >= 11 is 0. The van der Waals surface area contributed by atoms with Crippen LogP contribution in [0.1, 0.15) is 16.8 Å². The van der Waals surface area contributed by atoms with Crippen molar-refractivity contribution in [1.29, 1.82) is 0 Å². The molecule has 2 N–H and O–H groups in total. The molecule has 0 atom stereocenters. The summed E-state index contributed by atoms with van der Waals surface area (Å²) in [5, 5.41) is 0. The van der Waals surface area contributed by atoms with Crippen LogP contribution < -0.4 is 4.72 Å². The topological polar surface area (TPSA) is 74.8 Å². The minimum Gasteiger partial charge on any atom is -0.347 e. The van der Waals surface area contributed by atoms with Gasteiger partial charge in [-0.05, 0) is 24.6 Å². The van der Waals surface area contributed by atoms with Gasteiger partial charge in [-0.2, -0.15) is 13.2 Å². The first-order chi connectivity index (χ1) is 9.72. The average molecular weight is 319 g/mol. The van der Waals surface area contributed by atoms with E-state index in [9.17, 15) is 21.6 Å². The van der Waals surface area contributed by atoms with Gasteiger partial charge in [0, 0.05) is 11.9 Å². The van der Waals surface area contributed by atoms with E-state index in [1.807, 2.05) is 0 Å². The molecule has 0 unspecified atom stereocenters. The SMILES string of the molecule is Cc1c(C(F)(F)F)cccc1S(=O)(=O)NCc1cnc[nH]1. The van der Waals surface area contributed by atoms with Crippen molar-refractivity contribution in [3.63, 3.8) is 0 Å². The Balaban J connectivity index is 2.32. The van der Waals surface area contributed by atoms with Crippen LogP contribution in [0.4, 0.5) is 13.2 Å². The molecule has 0 bridgehead atoms. The first kappa shape index (κ1) is 15.5. The van der Waals surface area contributed by atoms with Crippen LogP contribution in [0.15, 0.2) is 35.6 Å². The highest BCUT2D eigenvalue weighted by molar-refractivity contribution is 7.89. The molecule has 114 valence electrons. The van der Waals surface area contributed by atoms with E-state index in [0.29, 0.717) is 5.69 Å². The minimum absolute atomic E-state index is 0.0853. The molecule has 1 heterocycles. The number of H-pyrrole nitrogens is 1. The zero-order valence-electron chi connectivity index (χ0n) is 10.9. The summed E-state index contributed by atoms with van der Waals surface area (Å²) in [6.45, 7) is 1.05. The van der Waals surface area contributed by atoms with E-state index in [2.05, 4.69) is 14.7 Å². The number of imidazole rings is 1. The molecular formula is C12H12F3N3O2S. The Hall–Kier alpha value is -1.87. The van der Waals surface area contributed by atoms with Gasteiger partial charge in [0.1, 0.15) is 0 Å². The van der Waals surface area contributed by atoms with E-state index in [0.717, 1.165) is 25.1 Å². The summed E-state index contributed by atoms with van der Waals surface area (Å²) < 4.78 is 64.9. The molecule has 1 aromatic carbocycles. The lowest BCUT2D eigenvalue weighted by Crippen LogP contribution is -2.25. The number of aromatic nitrogens is 2. The molecule has 0 saturated heterocycles. The second-order valence-electron chi connectivity index (χ2n) is 4.33. The predicted octanol–water partition coefficient (Wildman–Crippen LogP) is 2.22. The molecule has 5 nitrogen and oxygen atoms in total. The third kappa shape index (κ3) is 3.42. The van der Waals surface area contributed by atoms with Crippen molar-refractivity contribution in [3.8, 4) is 0 Å². The van der Waals surface area contributed by atoms with Gasteiger partial charge in [-0.1, -0.05) is 6.07 Å². The highest BCUT2D eigenvalue weighted by Gasteiger charge is 2.34. The van der Waals surface area contributed by atoms with Gasteiger partial charge in [0.2, 0.25) is 10.0 Å². The molecule has 0 radical (unpaired) electrons. The predicted molar refractivity (Wildman–Crippen MR) is 68.8 cm³/mol. The maximum atomic E-state index is 12.8. The normalized spacial score (nSPS) is 12.6. The molecule has 0 aliphatic rings. The van der Waals surface area contributed by atoms with E-state index < -0.39 is 26.7 Å². The number of alkyl halides is 3. The Kier molecular flexibility index (Phi) is 4.06. The molecule has 1 aromatic heterocycles. The fourth-order valence-corrected chi connectivity index (χ4v) is 3.12. The maximum Gasteiger partial charge on any atom is 0.416 e. The lowest BCUT2D eigenvalue weighted by Gasteiger charge is -2.14. The number of benzene rings is 1. The summed E-state index contributed by atoms with van der Waals surface area (Å²) in [7, 11) is -4.05. The quantitative estimate of drug-likeness (QED) is 0.907. The second kappa shape index (κ2) is 5.49. The van der Waals surface area contributed by atoms with Crippen LogP contribution in [0, 0.1) is 6.92 Å². The van der Waals surface area contributed by atoms with E-state index >= 15 is 0 Å². The first-order valence-corrected chi connectivity index (χ1v) is 7.34. The summed E-state index contributed by atoms with van der Waals surface area (Å²) in [5.41, 5.74) is -0.794. The highest BCUT2D eigenvalue weighted by atomic mass is 32.2. The van der Waals surface area contributed by atoms with Gasteiger partial charge < -0.3 is 4.98 Å². The molecular weight excluding hydrogens is 307 g/mol. The van der Waals surface area contributed by atoms with Crippen molar-refractivity contribution in [3.05, 3.63) is 47.5 Å². The van der Waals surface area contributed by atoms with Crippen LogP contribution in [0.5, 0.6) is 0 Å². The zero-order valence-corrected chi connectivity index (χ0v) is 11.7. The van der Waals surface area contributed by atoms with E-state index in [4.69, 9.17) is 0 Å². The number of rotatable bonds is 4. The fraction of sp³-hybridized carbons (Fsp3) is 0.250. The molecule has 9 heteroatoms. The van der Waals surface area contributed by atoms with Gasteiger partial charge in [0.05, 0.1) is 23.3 Å². The molecule has 21 heavy (non-hydrogen) atoms. The maximum absolute atomic E-state index is 12.8. The molecule has 0 fully saturated rings. The molecule has 0 aliphatic heterocycles. The minimum atomic E-state index is -4.60. The zero-order chi connectivity index (χ0) is 15.7. The molecule has 2 rings (SSSR count). The highest BCUT2D eigenvalue weighted by Crippen LogP contribution is 2.34.